The van der Waals surface area contributed by atoms with Crippen molar-refractivity contribution < 1.29 is 24.6 Å². The van der Waals surface area contributed by atoms with Crippen LogP contribution in [0.4, 0.5) is 4.79 Å². The van der Waals surface area contributed by atoms with Gasteiger partial charge in [0.15, 0.2) is 0 Å². The van der Waals surface area contributed by atoms with Crippen LogP contribution in [0.1, 0.15) is 33.1 Å². The van der Waals surface area contributed by atoms with Gasteiger partial charge in [0, 0.05) is 13.1 Å². The van der Waals surface area contributed by atoms with E-state index in [4.69, 9.17) is 10.2 Å². The van der Waals surface area contributed by atoms with Crippen LogP contribution in [0.15, 0.2) is 0 Å². The molecule has 0 spiro atoms. The lowest BCUT2D eigenvalue weighted by Crippen LogP contribution is -2.51. The van der Waals surface area contributed by atoms with E-state index in [1.807, 2.05) is 0 Å². The van der Waals surface area contributed by atoms with Gasteiger partial charge in [-0.2, -0.15) is 0 Å². The number of carbonyl (C=O) groups excluding carboxylic acids is 1. The highest BCUT2D eigenvalue weighted by Gasteiger charge is 2.30. The quantitative estimate of drug-likeness (QED) is 0.700. The second-order valence-corrected chi connectivity index (χ2v) is 5.59. The lowest BCUT2D eigenvalue weighted by molar-refractivity contribution is -0.145. The molecule has 1 rings (SSSR count). The van der Waals surface area contributed by atoms with Gasteiger partial charge in [-0.3, -0.25) is 4.79 Å². The zero-order chi connectivity index (χ0) is 14.6. The highest BCUT2D eigenvalue weighted by Crippen LogP contribution is 2.29. The van der Waals surface area contributed by atoms with Crippen LogP contribution in [0.25, 0.3) is 0 Å². The predicted molar refractivity (Wildman–Crippen MR) is 66.8 cm³/mol. The maximum Gasteiger partial charge on any atom is 0.326 e. The van der Waals surface area contributed by atoms with Gasteiger partial charge in [-0.05, 0) is 18.3 Å². The van der Waals surface area contributed by atoms with Crippen LogP contribution in [-0.4, -0.2) is 52.2 Å². The van der Waals surface area contributed by atoms with Crippen LogP contribution in [0.5, 0.6) is 0 Å². The molecule has 7 heteroatoms. The summed E-state index contributed by atoms with van der Waals surface area (Å²) in [5, 5.41) is 19.7. The Labute approximate surface area is 111 Å². The van der Waals surface area contributed by atoms with Crippen molar-refractivity contribution in [1.82, 2.24) is 10.2 Å². The van der Waals surface area contributed by atoms with Crippen molar-refractivity contribution in [3.05, 3.63) is 0 Å². The van der Waals surface area contributed by atoms with Crippen LogP contribution in [-0.2, 0) is 9.59 Å². The van der Waals surface area contributed by atoms with E-state index in [1.165, 1.54) is 4.90 Å². The molecule has 108 valence electrons. The molecule has 0 aromatic heterocycles. The highest BCUT2D eigenvalue weighted by atomic mass is 16.4. The molecule has 0 saturated carbocycles. The Hall–Kier alpha value is -1.79. The van der Waals surface area contributed by atoms with Crippen molar-refractivity contribution in [2.45, 2.75) is 39.2 Å². The number of hydrogen-bond donors (Lipinski definition) is 3. The number of nitrogens with zero attached hydrogens (tertiary/aromatic N) is 1. The van der Waals surface area contributed by atoms with Gasteiger partial charge in [-0.15, -0.1) is 0 Å². The van der Waals surface area contributed by atoms with E-state index < -0.39 is 30.4 Å². The first-order valence-electron chi connectivity index (χ1n) is 6.21. The van der Waals surface area contributed by atoms with Gasteiger partial charge in [0.25, 0.3) is 0 Å². The molecule has 0 aromatic carbocycles. The molecule has 0 radical (unpaired) electrons. The monoisotopic (exact) mass is 272 g/mol. The second-order valence-electron chi connectivity index (χ2n) is 5.59. The van der Waals surface area contributed by atoms with Crippen LogP contribution < -0.4 is 5.32 Å². The smallest absolute Gasteiger partial charge is 0.326 e. The maximum atomic E-state index is 11.9. The minimum atomic E-state index is -1.39. The number of urea groups is 1. The molecular formula is C12H20N2O5. The Morgan fingerprint density at radius 3 is 2.16 bits per heavy atom. The van der Waals surface area contributed by atoms with Crippen LogP contribution in [0, 0.1) is 5.41 Å². The summed E-state index contributed by atoms with van der Waals surface area (Å²) in [6, 6.07) is -1.90. The number of carboxylic acid groups (broad SMARTS) is 2. The summed E-state index contributed by atoms with van der Waals surface area (Å²) in [7, 11) is 0. The number of carboxylic acids is 2. The third kappa shape index (κ3) is 4.76. The molecular weight excluding hydrogens is 252 g/mol. The van der Waals surface area contributed by atoms with Crippen molar-refractivity contribution in [1.29, 1.82) is 0 Å². The average molecular weight is 272 g/mol. The summed E-state index contributed by atoms with van der Waals surface area (Å²) >= 11 is 0. The summed E-state index contributed by atoms with van der Waals surface area (Å²) in [5.74, 6) is -2.60. The minimum absolute atomic E-state index is 0.185. The fourth-order valence-corrected chi connectivity index (χ4v) is 1.93. The zero-order valence-corrected chi connectivity index (χ0v) is 11.2. The van der Waals surface area contributed by atoms with Gasteiger partial charge in [0.1, 0.15) is 6.04 Å². The van der Waals surface area contributed by atoms with Gasteiger partial charge in [-0.25, -0.2) is 9.59 Å². The molecule has 1 unspecified atom stereocenters. The minimum Gasteiger partial charge on any atom is -0.481 e. The summed E-state index contributed by atoms with van der Waals surface area (Å²) in [5.41, 5.74) is 0.185. The first-order valence-corrected chi connectivity index (χ1v) is 6.21. The Bertz CT molecular complexity index is 370. The average Bonchev–Trinajstić information content (AvgIpc) is 2.27. The summed E-state index contributed by atoms with van der Waals surface area (Å²) in [4.78, 5) is 34.8. The van der Waals surface area contributed by atoms with Gasteiger partial charge in [0.2, 0.25) is 0 Å². The van der Waals surface area contributed by atoms with Crippen molar-refractivity contribution in [3.8, 4) is 0 Å². The molecule has 1 heterocycles. The fraction of sp³-hybridized carbons (Fsp3) is 0.750. The molecule has 0 aliphatic carbocycles. The molecule has 19 heavy (non-hydrogen) atoms. The van der Waals surface area contributed by atoms with E-state index in [0.717, 1.165) is 12.8 Å². The lowest BCUT2D eigenvalue weighted by atomic mass is 9.83. The third-order valence-electron chi connectivity index (χ3n) is 3.38. The van der Waals surface area contributed by atoms with Crippen LogP contribution >= 0.6 is 0 Å². The number of piperidine rings is 1. The molecule has 7 nitrogen and oxygen atoms in total. The number of amides is 2. The second kappa shape index (κ2) is 5.90. The number of carbonyl (C=O) groups is 3. The van der Waals surface area contributed by atoms with E-state index in [-0.39, 0.29) is 5.41 Å². The number of hydrogen-bond acceptors (Lipinski definition) is 3. The Morgan fingerprint density at radius 2 is 1.74 bits per heavy atom. The number of likely N-dealkylation sites (tertiary alicyclic amines) is 1. The first-order chi connectivity index (χ1) is 8.71. The lowest BCUT2D eigenvalue weighted by Gasteiger charge is -2.37. The number of nitrogens with one attached hydrogen (secondary N) is 1. The van der Waals surface area contributed by atoms with Gasteiger partial charge < -0.3 is 20.4 Å². The van der Waals surface area contributed by atoms with Crippen molar-refractivity contribution in [3.63, 3.8) is 0 Å². The van der Waals surface area contributed by atoms with E-state index in [9.17, 15) is 14.4 Å². The van der Waals surface area contributed by atoms with E-state index >= 15 is 0 Å². The molecule has 1 aliphatic rings. The molecule has 2 amide bonds. The van der Waals surface area contributed by atoms with Gasteiger partial charge in [-0.1, -0.05) is 13.8 Å². The van der Waals surface area contributed by atoms with E-state index in [2.05, 4.69) is 19.2 Å². The maximum absolute atomic E-state index is 11.9. The molecule has 3 N–H and O–H groups in total. The topological polar surface area (TPSA) is 107 Å². The Balaban J connectivity index is 2.53. The molecule has 0 aromatic rings. The highest BCUT2D eigenvalue weighted by molar-refractivity contribution is 5.86. The standard InChI is InChI=1S/C12H20N2O5/c1-12(2)3-5-14(6-4-12)11(19)13-8(10(17)18)7-9(15)16/h8H,3-7H2,1-2H3,(H,13,19)(H,15,16)(H,17,18). The Morgan fingerprint density at radius 1 is 1.21 bits per heavy atom. The number of aliphatic carboxylic acids is 2. The van der Waals surface area contributed by atoms with E-state index in [0.29, 0.717) is 13.1 Å². The summed E-state index contributed by atoms with van der Waals surface area (Å²) in [6.45, 7) is 5.34. The van der Waals surface area contributed by atoms with Gasteiger partial charge >= 0.3 is 18.0 Å². The third-order valence-corrected chi connectivity index (χ3v) is 3.38. The van der Waals surface area contributed by atoms with Crippen molar-refractivity contribution in [2.24, 2.45) is 5.41 Å². The predicted octanol–water partition coefficient (Wildman–Crippen LogP) is 0.746. The van der Waals surface area contributed by atoms with Crippen molar-refractivity contribution in [2.75, 3.05) is 13.1 Å². The molecule has 1 saturated heterocycles. The zero-order valence-electron chi connectivity index (χ0n) is 11.2. The van der Waals surface area contributed by atoms with Crippen LogP contribution in [0.2, 0.25) is 0 Å². The Kier molecular flexibility index (Phi) is 4.74. The largest absolute Gasteiger partial charge is 0.481 e. The summed E-state index contributed by atoms with van der Waals surface area (Å²) < 4.78 is 0. The molecule has 1 fully saturated rings. The molecule has 1 atom stereocenters. The molecule has 0 bridgehead atoms. The van der Waals surface area contributed by atoms with Gasteiger partial charge in [0.05, 0.1) is 6.42 Å². The van der Waals surface area contributed by atoms with Crippen molar-refractivity contribution >= 4 is 18.0 Å². The van der Waals surface area contributed by atoms with E-state index in [1.54, 1.807) is 0 Å². The molecule has 1 aliphatic heterocycles. The fourth-order valence-electron chi connectivity index (χ4n) is 1.93. The normalized spacial score (nSPS) is 19.6. The number of rotatable bonds is 4. The first kappa shape index (κ1) is 15.3. The van der Waals surface area contributed by atoms with Crippen LogP contribution in [0.3, 0.4) is 0 Å². The summed E-state index contributed by atoms with van der Waals surface area (Å²) in [6.07, 6.45) is 1.06. The SMILES string of the molecule is CC1(C)CCN(C(=O)NC(CC(=O)O)C(=O)O)CC1.